The van der Waals surface area contributed by atoms with Gasteiger partial charge in [-0.25, -0.2) is 9.78 Å². The first-order valence-corrected chi connectivity index (χ1v) is 4.75. The van der Waals surface area contributed by atoms with E-state index in [2.05, 4.69) is 10.3 Å². The molecule has 1 aliphatic heterocycles. The number of hydrogen-bond acceptors (Lipinski definition) is 4. The predicted molar refractivity (Wildman–Crippen MR) is 49.9 cm³/mol. The highest BCUT2D eigenvalue weighted by atomic mass is 16.5. The lowest BCUT2D eigenvalue weighted by molar-refractivity contribution is 0.0512. The monoisotopic (exact) mass is 195 g/mol. The van der Waals surface area contributed by atoms with Crippen molar-refractivity contribution < 1.29 is 9.53 Å². The van der Waals surface area contributed by atoms with E-state index >= 15 is 0 Å². The van der Waals surface area contributed by atoms with Crippen molar-refractivity contribution in [2.45, 2.75) is 20.0 Å². The second kappa shape index (κ2) is 3.79. The number of nitrogens with one attached hydrogen (secondary N) is 1. The maximum atomic E-state index is 11.5. The van der Waals surface area contributed by atoms with Crippen molar-refractivity contribution in [3.8, 4) is 0 Å². The van der Waals surface area contributed by atoms with Gasteiger partial charge in [0.15, 0.2) is 0 Å². The van der Waals surface area contributed by atoms with Crippen LogP contribution < -0.4 is 5.32 Å². The first-order valence-electron chi connectivity index (χ1n) is 4.75. The summed E-state index contributed by atoms with van der Waals surface area (Å²) < 4.78 is 6.79. The lowest BCUT2D eigenvalue weighted by Gasteiger charge is -2.16. The molecule has 14 heavy (non-hydrogen) atoms. The van der Waals surface area contributed by atoms with E-state index in [0.29, 0.717) is 19.0 Å². The molecule has 0 unspecified atom stereocenters. The van der Waals surface area contributed by atoms with Gasteiger partial charge in [0.2, 0.25) is 0 Å². The number of carbonyl (C=O) groups is 1. The number of aromatic nitrogens is 2. The number of rotatable bonds is 2. The van der Waals surface area contributed by atoms with Crippen molar-refractivity contribution in [3.05, 3.63) is 17.7 Å². The van der Waals surface area contributed by atoms with Crippen LogP contribution in [-0.4, -0.2) is 28.7 Å². The van der Waals surface area contributed by atoms with Gasteiger partial charge < -0.3 is 9.30 Å². The molecule has 76 valence electrons. The summed E-state index contributed by atoms with van der Waals surface area (Å²) in [5.41, 5.74) is 0.536. The van der Waals surface area contributed by atoms with Gasteiger partial charge in [-0.2, -0.15) is 0 Å². The van der Waals surface area contributed by atoms with Crippen molar-refractivity contribution in [1.29, 1.82) is 0 Å². The fourth-order valence-corrected chi connectivity index (χ4v) is 1.55. The molecule has 0 saturated heterocycles. The number of fused-ring (bicyclic) bond motifs is 1. The zero-order valence-electron chi connectivity index (χ0n) is 8.12. The smallest absolute Gasteiger partial charge is 0.356 e. The molecule has 0 aliphatic carbocycles. The molecular formula is C9H13N3O2. The summed E-state index contributed by atoms with van der Waals surface area (Å²) in [5.74, 6) is 0.654. The quantitative estimate of drug-likeness (QED) is 0.683. The first kappa shape index (κ1) is 9.21. The summed E-state index contributed by atoms with van der Waals surface area (Å²) in [6.45, 7) is 3.75. The van der Waals surface area contributed by atoms with Gasteiger partial charge in [0.05, 0.1) is 19.5 Å². The van der Waals surface area contributed by atoms with Crippen LogP contribution >= 0.6 is 0 Å². The third-order valence-corrected chi connectivity index (χ3v) is 2.22. The Hall–Kier alpha value is -1.36. The van der Waals surface area contributed by atoms with Gasteiger partial charge in [-0.05, 0) is 6.92 Å². The van der Waals surface area contributed by atoms with Crippen molar-refractivity contribution in [2.24, 2.45) is 0 Å². The van der Waals surface area contributed by atoms with Crippen LogP contribution in [0.4, 0.5) is 0 Å². The number of hydrogen-bond donors (Lipinski definition) is 1. The van der Waals surface area contributed by atoms with E-state index in [9.17, 15) is 4.79 Å². The molecule has 0 bridgehead atoms. The predicted octanol–water partition coefficient (Wildman–Crippen LogP) is 0.163. The van der Waals surface area contributed by atoms with Crippen molar-refractivity contribution >= 4 is 5.97 Å². The van der Waals surface area contributed by atoms with Gasteiger partial charge >= 0.3 is 5.97 Å². The number of imidazole rings is 1. The molecule has 0 atom stereocenters. The molecule has 1 N–H and O–H groups in total. The molecule has 5 nitrogen and oxygen atoms in total. The average molecular weight is 195 g/mol. The van der Waals surface area contributed by atoms with Crippen LogP contribution in [0.1, 0.15) is 23.2 Å². The molecule has 5 heteroatoms. The molecule has 0 amide bonds. The minimum Gasteiger partial charge on any atom is -0.461 e. The van der Waals surface area contributed by atoms with Crippen LogP contribution in [0.2, 0.25) is 0 Å². The Morgan fingerprint density at radius 2 is 2.64 bits per heavy atom. The highest BCUT2D eigenvalue weighted by molar-refractivity contribution is 5.87. The van der Waals surface area contributed by atoms with E-state index in [1.54, 1.807) is 13.1 Å². The Labute approximate surface area is 82.1 Å². The molecule has 2 rings (SSSR count). The van der Waals surface area contributed by atoms with Crippen molar-refractivity contribution in [1.82, 2.24) is 14.9 Å². The SMILES string of the molecule is CCOC(=O)c1cnc2n1CNCC2. The van der Waals surface area contributed by atoms with E-state index in [4.69, 9.17) is 4.74 Å². The molecule has 2 heterocycles. The number of esters is 1. The maximum Gasteiger partial charge on any atom is 0.356 e. The molecule has 0 radical (unpaired) electrons. The fourth-order valence-electron chi connectivity index (χ4n) is 1.55. The zero-order chi connectivity index (χ0) is 9.97. The minimum absolute atomic E-state index is 0.296. The minimum atomic E-state index is -0.296. The number of nitrogens with zero attached hydrogens (tertiary/aromatic N) is 2. The zero-order valence-corrected chi connectivity index (χ0v) is 8.12. The maximum absolute atomic E-state index is 11.5. The first-order chi connectivity index (χ1) is 6.83. The molecular weight excluding hydrogens is 182 g/mol. The van der Waals surface area contributed by atoms with Gasteiger partial charge in [-0.3, -0.25) is 5.32 Å². The second-order valence-corrected chi connectivity index (χ2v) is 3.12. The van der Waals surface area contributed by atoms with Gasteiger partial charge in [-0.15, -0.1) is 0 Å². The molecule has 0 spiro atoms. The molecule has 1 aliphatic rings. The van der Waals surface area contributed by atoms with E-state index in [1.165, 1.54) is 0 Å². The largest absolute Gasteiger partial charge is 0.461 e. The van der Waals surface area contributed by atoms with Gasteiger partial charge in [0.25, 0.3) is 0 Å². The van der Waals surface area contributed by atoms with E-state index in [-0.39, 0.29) is 5.97 Å². The molecule has 0 saturated carbocycles. The van der Waals surface area contributed by atoms with Crippen LogP contribution in [0.3, 0.4) is 0 Å². The molecule has 0 fully saturated rings. The lowest BCUT2D eigenvalue weighted by Crippen LogP contribution is -2.31. The summed E-state index contributed by atoms with van der Waals surface area (Å²) >= 11 is 0. The third-order valence-electron chi connectivity index (χ3n) is 2.22. The van der Waals surface area contributed by atoms with Crippen LogP contribution in [0.15, 0.2) is 6.20 Å². The highest BCUT2D eigenvalue weighted by Crippen LogP contribution is 2.09. The topological polar surface area (TPSA) is 56.1 Å². The van der Waals surface area contributed by atoms with Crippen molar-refractivity contribution in [2.75, 3.05) is 13.2 Å². The number of carbonyl (C=O) groups excluding carboxylic acids is 1. The van der Waals surface area contributed by atoms with E-state index in [1.807, 2.05) is 4.57 Å². The summed E-state index contributed by atoms with van der Waals surface area (Å²) in [5, 5.41) is 3.18. The Morgan fingerprint density at radius 3 is 3.43 bits per heavy atom. The van der Waals surface area contributed by atoms with Crippen molar-refractivity contribution in [3.63, 3.8) is 0 Å². The summed E-state index contributed by atoms with van der Waals surface area (Å²) in [7, 11) is 0. The second-order valence-electron chi connectivity index (χ2n) is 3.12. The summed E-state index contributed by atoms with van der Waals surface area (Å²) in [6, 6.07) is 0. The average Bonchev–Trinajstić information content (AvgIpc) is 2.61. The van der Waals surface area contributed by atoms with Crippen LogP contribution in [0.5, 0.6) is 0 Å². The highest BCUT2D eigenvalue weighted by Gasteiger charge is 2.18. The Morgan fingerprint density at radius 1 is 1.79 bits per heavy atom. The third kappa shape index (κ3) is 1.50. The standard InChI is InChI=1S/C9H13N3O2/c1-2-14-9(13)7-5-11-8-3-4-10-6-12(7)8/h5,10H,2-4,6H2,1H3. The molecule has 1 aromatic rings. The number of ether oxygens (including phenoxy) is 1. The summed E-state index contributed by atoms with van der Waals surface area (Å²) in [6.07, 6.45) is 2.44. The molecule has 0 aromatic carbocycles. The summed E-state index contributed by atoms with van der Waals surface area (Å²) in [4.78, 5) is 15.6. The van der Waals surface area contributed by atoms with E-state index in [0.717, 1.165) is 18.8 Å². The van der Waals surface area contributed by atoms with Gasteiger partial charge in [0, 0.05) is 13.0 Å². The van der Waals surface area contributed by atoms with Crippen LogP contribution in [0.25, 0.3) is 0 Å². The Bertz CT molecular complexity index is 346. The Kier molecular flexibility index (Phi) is 2.49. The normalized spacial score (nSPS) is 14.9. The fraction of sp³-hybridized carbons (Fsp3) is 0.556. The lowest BCUT2D eigenvalue weighted by atomic mass is 10.3. The Balaban J connectivity index is 2.25. The molecule has 1 aromatic heterocycles. The van der Waals surface area contributed by atoms with Crippen LogP contribution in [0, 0.1) is 0 Å². The van der Waals surface area contributed by atoms with Gasteiger partial charge in [0.1, 0.15) is 11.5 Å². The van der Waals surface area contributed by atoms with Crippen LogP contribution in [-0.2, 0) is 17.8 Å². The van der Waals surface area contributed by atoms with Gasteiger partial charge in [-0.1, -0.05) is 0 Å². The van der Waals surface area contributed by atoms with E-state index < -0.39 is 0 Å².